The van der Waals surface area contributed by atoms with E-state index in [0.29, 0.717) is 40.3 Å². The van der Waals surface area contributed by atoms with Crippen molar-refractivity contribution in [2.75, 3.05) is 24.5 Å². The minimum absolute atomic E-state index is 0.00452. The largest absolute Gasteiger partial charge is 0.355 e. The van der Waals surface area contributed by atoms with Gasteiger partial charge in [0.2, 0.25) is 0 Å². The van der Waals surface area contributed by atoms with Crippen LogP contribution in [0.1, 0.15) is 10.7 Å². The number of aromatic amines is 1. The van der Waals surface area contributed by atoms with Crippen LogP contribution < -0.4 is 10.6 Å². The van der Waals surface area contributed by atoms with Gasteiger partial charge in [0.1, 0.15) is 28.6 Å². The van der Waals surface area contributed by atoms with Gasteiger partial charge in [-0.15, -0.1) is 11.3 Å². The van der Waals surface area contributed by atoms with Crippen LogP contribution in [0.5, 0.6) is 0 Å². The fourth-order valence-corrected chi connectivity index (χ4v) is 7.21. The highest BCUT2D eigenvalue weighted by Gasteiger charge is 2.69. The lowest BCUT2D eigenvalue weighted by Gasteiger charge is -2.25. The molecule has 3 atom stereocenters. The Bertz CT molecular complexity index is 1680. The van der Waals surface area contributed by atoms with Gasteiger partial charge in [-0.2, -0.15) is 15.5 Å². The maximum atomic E-state index is 8.96. The zero-order valence-corrected chi connectivity index (χ0v) is 20.9. The second kappa shape index (κ2) is 7.70. The van der Waals surface area contributed by atoms with Crippen LogP contribution in [0, 0.1) is 30.1 Å². The molecule has 7 rings (SSSR count). The Morgan fingerprint density at radius 3 is 2.86 bits per heavy atom. The fraction of sp³-hybridized carbons (Fsp3) is 0.333. The molecule has 2 aliphatic rings. The predicted molar refractivity (Wildman–Crippen MR) is 138 cm³/mol. The Hall–Kier alpha value is -3.59. The van der Waals surface area contributed by atoms with Crippen molar-refractivity contribution in [1.29, 1.82) is 5.26 Å². The summed E-state index contributed by atoms with van der Waals surface area (Å²) >= 11 is 8.46. The number of nitrogens with zero attached hydrogens (tertiary/aromatic N) is 8. The number of benzene rings is 1. The fourth-order valence-electron chi connectivity index (χ4n) is 5.77. The van der Waals surface area contributed by atoms with Crippen molar-refractivity contribution in [3.63, 3.8) is 0 Å². The third kappa shape index (κ3) is 2.95. The molecule has 0 spiro atoms. The van der Waals surface area contributed by atoms with Crippen LogP contribution in [0.4, 0.5) is 5.82 Å². The van der Waals surface area contributed by atoms with Gasteiger partial charge in [-0.25, -0.2) is 15.0 Å². The van der Waals surface area contributed by atoms with Crippen molar-refractivity contribution < 1.29 is 0 Å². The van der Waals surface area contributed by atoms with Crippen LogP contribution in [0.15, 0.2) is 29.9 Å². The number of nitriles is 1. The zero-order valence-electron chi connectivity index (χ0n) is 19.3. The molecule has 0 amide bonds. The van der Waals surface area contributed by atoms with Gasteiger partial charge in [-0.1, -0.05) is 11.6 Å². The van der Waals surface area contributed by atoms with E-state index in [1.54, 1.807) is 28.4 Å². The maximum absolute atomic E-state index is 8.96. The Morgan fingerprint density at radius 2 is 2.14 bits per heavy atom. The number of H-pyrrole nitrogens is 1. The molecule has 4 aromatic heterocycles. The van der Waals surface area contributed by atoms with Crippen molar-refractivity contribution >= 4 is 50.8 Å². The number of nitrogens with two attached hydrogens (primary N) is 1. The Morgan fingerprint density at radius 1 is 1.31 bits per heavy atom. The highest BCUT2D eigenvalue weighted by molar-refractivity contribution is 7.09. The monoisotopic (exact) mass is 516 g/mol. The number of hydrogen-bond acceptors (Lipinski definition) is 9. The van der Waals surface area contributed by atoms with Crippen molar-refractivity contribution in [2.24, 2.45) is 17.6 Å². The molecule has 1 aliphatic carbocycles. The summed E-state index contributed by atoms with van der Waals surface area (Å²) in [7, 11) is 0. The average Bonchev–Trinajstić information content (AvgIpc) is 3.49. The van der Waals surface area contributed by atoms with Gasteiger partial charge in [0, 0.05) is 53.3 Å². The molecule has 180 valence electrons. The van der Waals surface area contributed by atoms with Gasteiger partial charge in [0.25, 0.3) is 0 Å². The third-order valence-corrected chi connectivity index (χ3v) is 9.19. The first-order valence-corrected chi connectivity index (χ1v) is 12.9. The first kappa shape index (κ1) is 21.7. The predicted octanol–water partition coefficient (Wildman–Crippen LogP) is 3.27. The molecule has 3 N–H and O–H groups in total. The van der Waals surface area contributed by atoms with E-state index in [1.165, 1.54) is 5.01 Å². The number of thiazole rings is 1. The summed E-state index contributed by atoms with van der Waals surface area (Å²) in [5, 5.41) is 25.4. The summed E-state index contributed by atoms with van der Waals surface area (Å²) in [6.07, 6.45) is 3.58. The number of rotatable bonds is 5. The topological polar surface area (TPSA) is 138 Å². The molecule has 1 saturated carbocycles. The van der Waals surface area contributed by atoms with Crippen LogP contribution in [0.25, 0.3) is 33.3 Å². The Kier molecular flexibility index (Phi) is 4.64. The smallest absolute Gasteiger partial charge is 0.177 e. The van der Waals surface area contributed by atoms with E-state index in [0.717, 1.165) is 41.1 Å². The molecule has 0 bridgehead atoms. The van der Waals surface area contributed by atoms with E-state index in [2.05, 4.69) is 31.6 Å². The molecular formula is C24H21ClN10S. The number of halogens is 1. The molecular weight excluding hydrogens is 496 g/mol. The Labute approximate surface area is 214 Å². The molecule has 0 radical (unpaired) electrons. The van der Waals surface area contributed by atoms with Crippen LogP contribution in [0.2, 0.25) is 5.02 Å². The standard InChI is InChI=1S/C24H21ClN10S/c1-12-10-36-23(29-12)24(11-27)15-8-34(9-16(15)24)18-6-28-21-20(31-32-22(21)30-18)13-2-3-17-14(19(13)25)7-35(33-17)5-4-26/h2-3,6-7,10,15-16H,5,8-9,11,27H2,1H3,(H,30,31,32)/t15-,16+,24-. The summed E-state index contributed by atoms with van der Waals surface area (Å²) in [6, 6.07) is 5.84. The summed E-state index contributed by atoms with van der Waals surface area (Å²) in [6.45, 7) is 4.59. The number of piperidine rings is 1. The number of fused-ring (bicyclic) bond motifs is 3. The minimum atomic E-state index is 0.00452. The van der Waals surface area contributed by atoms with Crippen molar-refractivity contribution in [2.45, 2.75) is 18.9 Å². The second-order valence-electron chi connectivity index (χ2n) is 9.50. The Balaban J connectivity index is 1.17. The maximum Gasteiger partial charge on any atom is 0.177 e. The van der Waals surface area contributed by atoms with E-state index in [4.69, 9.17) is 37.5 Å². The first-order chi connectivity index (χ1) is 17.5. The molecule has 2 fully saturated rings. The summed E-state index contributed by atoms with van der Waals surface area (Å²) in [5.41, 5.74) is 10.7. The number of aromatic nitrogens is 7. The molecule has 1 aromatic carbocycles. The SMILES string of the molecule is Cc1csc([C@]2(CN)[C@@H]3CN(c4cnc5c(-c6ccc7nn(CC#N)cc7c6Cl)n[nH]c5n4)C[C@@H]32)n1. The molecule has 1 saturated heterocycles. The van der Waals surface area contributed by atoms with Crippen molar-refractivity contribution in [3.8, 4) is 17.3 Å². The highest BCUT2D eigenvalue weighted by atomic mass is 35.5. The van der Waals surface area contributed by atoms with Gasteiger partial charge in [-0.05, 0) is 30.9 Å². The van der Waals surface area contributed by atoms with Crippen LogP contribution >= 0.6 is 22.9 Å². The second-order valence-corrected chi connectivity index (χ2v) is 10.7. The minimum Gasteiger partial charge on any atom is -0.355 e. The van der Waals surface area contributed by atoms with Crippen LogP contribution in [-0.2, 0) is 12.0 Å². The van der Waals surface area contributed by atoms with Gasteiger partial charge >= 0.3 is 0 Å². The molecule has 5 aromatic rings. The van der Waals surface area contributed by atoms with Crippen molar-refractivity contribution in [3.05, 3.63) is 45.6 Å². The summed E-state index contributed by atoms with van der Waals surface area (Å²) in [5.74, 6) is 1.79. The molecule has 1 aliphatic heterocycles. The molecule has 10 nitrogen and oxygen atoms in total. The van der Waals surface area contributed by atoms with Gasteiger partial charge in [0.15, 0.2) is 5.65 Å². The number of aryl methyl sites for hydroxylation is 1. The van der Waals surface area contributed by atoms with E-state index < -0.39 is 0 Å². The van der Waals surface area contributed by atoms with E-state index >= 15 is 0 Å². The zero-order chi connectivity index (χ0) is 24.6. The first-order valence-electron chi connectivity index (χ1n) is 11.6. The third-order valence-electron chi connectivity index (χ3n) is 7.63. The quantitative estimate of drug-likeness (QED) is 0.363. The average molecular weight is 517 g/mol. The summed E-state index contributed by atoms with van der Waals surface area (Å²) in [4.78, 5) is 16.6. The van der Waals surface area contributed by atoms with Crippen LogP contribution in [0.3, 0.4) is 0 Å². The lowest BCUT2D eigenvalue weighted by atomic mass is 10.0. The lowest BCUT2D eigenvalue weighted by molar-refractivity contribution is 0.549. The lowest BCUT2D eigenvalue weighted by Crippen LogP contribution is -2.35. The van der Waals surface area contributed by atoms with E-state index in [9.17, 15) is 0 Å². The van der Waals surface area contributed by atoms with E-state index in [-0.39, 0.29) is 12.0 Å². The molecule has 5 heterocycles. The van der Waals surface area contributed by atoms with Gasteiger partial charge < -0.3 is 10.6 Å². The number of hydrogen-bond donors (Lipinski definition) is 2. The van der Waals surface area contributed by atoms with Crippen molar-refractivity contribution in [1.82, 2.24) is 34.9 Å². The molecule has 0 unspecified atom stereocenters. The summed E-state index contributed by atoms with van der Waals surface area (Å²) < 4.78 is 1.57. The molecule has 12 heteroatoms. The normalized spacial score (nSPS) is 22.9. The van der Waals surface area contributed by atoms with Crippen LogP contribution in [-0.4, -0.2) is 54.6 Å². The number of nitrogens with one attached hydrogen (secondary N) is 1. The van der Waals surface area contributed by atoms with Gasteiger partial charge in [-0.3, -0.25) is 9.78 Å². The van der Waals surface area contributed by atoms with Gasteiger partial charge in [0.05, 0.1) is 22.8 Å². The molecule has 36 heavy (non-hydrogen) atoms. The highest BCUT2D eigenvalue weighted by Crippen LogP contribution is 2.63. The van der Waals surface area contributed by atoms with E-state index in [1.807, 2.05) is 19.1 Å². The number of anilines is 1.